The summed E-state index contributed by atoms with van der Waals surface area (Å²) in [6.07, 6.45) is 1.73. The number of nitriles is 1. The number of rotatable bonds is 3. The van der Waals surface area contributed by atoms with Crippen LogP contribution in [0, 0.1) is 16.7 Å². The van der Waals surface area contributed by atoms with E-state index < -0.39 is 20.5 Å². The smallest absolute Gasteiger partial charge is 0.151 e. The largest absolute Gasteiger partial charge is 0.314 e. The van der Waals surface area contributed by atoms with E-state index in [1.54, 1.807) is 0 Å². The third-order valence-corrected chi connectivity index (χ3v) is 5.52. The molecule has 0 aromatic carbocycles. The maximum Gasteiger partial charge on any atom is 0.151 e. The summed E-state index contributed by atoms with van der Waals surface area (Å²) < 4.78 is 23.0. The van der Waals surface area contributed by atoms with Crippen LogP contribution in [0.5, 0.6) is 0 Å². The Bertz CT molecular complexity index is 442. The zero-order valence-corrected chi connectivity index (χ0v) is 11.1. The predicted octanol–water partition coefficient (Wildman–Crippen LogP) is -0.393. The molecule has 1 heterocycles. The molecule has 1 saturated heterocycles. The van der Waals surface area contributed by atoms with Crippen molar-refractivity contribution in [3.05, 3.63) is 0 Å². The van der Waals surface area contributed by atoms with Gasteiger partial charge in [-0.2, -0.15) is 5.26 Å². The minimum atomic E-state index is -3.08. The van der Waals surface area contributed by atoms with Crippen LogP contribution in [0.2, 0.25) is 0 Å². The molecule has 1 aliphatic heterocycles. The van der Waals surface area contributed by atoms with Gasteiger partial charge in [0.15, 0.2) is 9.84 Å². The topological polar surface area (TPSA) is 73.2 Å². The van der Waals surface area contributed by atoms with Gasteiger partial charge >= 0.3 is 0 Å². The predicted molar refractivity (Wildman–Crippen MR) is 65.2 cm³/mol. The fourth-order valence-electron chi connectivity index (χ4n) is 2.63. The molecule has 0 aromatic rings. The van der Waals surface area contributed by atoms with E-state index in [4.69, 9.17) is 0 Å². The first kappa shape index (κ1) is 12.8. The van der Waals surface area contributed by atoms with E-state index in [-0.39, 0.29) is 0 Å². The van der Waals surface area contributed by atoms with Crippen molar-refractivity contribution >= 4 is 9.84 Å². The lowest BCUT2D eigenvalue weighted by atomic mass is 10.1. The molecular formula is C11H19N3O2S. The number of nitrogens with zero attached hydrogens (tertiary/aromatic N) is 2. The van der Waals surface area contributed by atoms with Crippen molar-refractivity contribution in [1.82, 2.24) is 10.2 Å². The SMILES string of the molecule is CC1CNCCN1CC1(C#N)CC1S(C)(=O)=O. The summed E-state index contributed by atoms with van der Waals surface area (Å²) in [7, 11) is -3.08. The lowest BCUT2D eigenvalue weighted by molar-refractivity contribution is 0.154. The van der Waals surface area contributed by atoms with E-state index in [9.17, 15) is 13.7 Å². The molecule has 3 unspecified atom stereocenters. The highest BCUT2D eigenvalue weighted by Gasteiger charge is 2.61. The second-order valence-corrected chi connectivity index (χ2v) is 7.54. The minimum absolute atomic E-state index is 0.370. The Hall–Kier alpha value is -0.640. The molecule has 1 saturated carbocycles. The van der Waals surface area contributed by atoms with Crippen LogP contribution in [0.3, 0.4) is 0 Å². The van der Waals surface area contributed by atoms with Crippen LogP contribution >= 0.6 is 0 Å². The quantitative estimate of drug-likeness (QED) is 0.745. The number of hydrogen-bond acceptors (Lipinski definition) is 5. The van der Waals surface area contributed by atoms with Crippen molar-refractivity contribution in [2.24, 2.45) is 5.41 Å². The van der Waals surface area contributed by atoms with Crippen molar-refractivity contribution in [1.29, 1.82) is 5.26 Å². The van der Waals surface area contributed by atoms with Gasteiger partial charge in [0.1, 0.15) is 0 Å². The average molecular weight is 257 g/mol. The van der Waals surface area contributed by atoms with Crippen LogP contribution in [0.4, 0.5) is 0 Å². The molecule has 1 aliphatic carbocycles. The summed E-state index contributed by atoms with van der Waals surface area (Å²) in [5, 5.41) is 12.1. The van der Waals surface area contributed by atoms with Gasteiger partial charge in [-0.1, -0.05) is 0 Å². The van der Waals surface area contributed by atoms with E-state index >= 15 is 0 Å². The van der Waals surface area contributed by atoms with Crippen LogP contribution in [0.1, 0.15) is 13.3 Å². The van der Waals surface area contributed by atoms with Crippen molar-refractivity contribution in [3.8, 4) is 6.07 Å². The van der Waals surface area contributed by atoms with Crippen LogP contribution < -0.4 is 5.32 Å². The minimum Gasteiger partial charge on any atom is -0.314 e. The van der Waals surface area contributed by atoms with Crippen molar-refractivity contribution in [3.63, 3.8) is 0 Å². The average Bonchev–Trinajstić information content (AvgIpc) is 2.97. The molecule has 0 amide bonds. The van der Waals surface area contributed by atoms with Gasteiger partial charge in [0, 0.05) is 38.5 Å². The van der Waals surface area contributed by atoms with Crippen molar-refractivity contribution in [2.75, 3.05) is 32.4 Å². The van der Waals surface area contributed by atoms with Gasteiger partial charge in [-0.25, -0.2) is 8.42 Å². The van der Waals surface area contributed by atoms with E-state index in [0.717, 1.165) is 19.6 Å². The molecule has 2 rings (SSSR count). The van der Waals surface area contributed by atoms with Gasteiger partial charge in [-0.15, -0.1) is 0 Å². The Morgan fingerprint density at radius 2 is 2.29 bits per heavy atom. The highest BCUT2D eigenvalue weighted by Crippen LogP contribution is 2.50. The Morgan fingerprint density at radius 3 is 2.76 bits per heavy atom. The van der Waals surface area contributed by atoms with Gasteiger partial charge in [0.2, 0.25) is 0 Å². The Labute approximate surface area is 103 Å². The third-order valence-electron chi connectivity index (χ3n) is 3.87. The van der Waals surface area contributed by atoms with E-state index in [1.807, 2.05) is 0 Å². The lowest BCUT2D eigenvalue weighted by Gasteiger charge is -2.35. The van der Waals surface area contributed by atoms with Gasteiger partial charge in [0.25, 0.3) is 0 Å². The van der Waals surface area contributed by atoms with Crippen molar-refractivity contribution in [2.45, 2.75) is 24.6 Å². The second kappa shape index (κ2) is 4.23. The zero-order chi connectivity index (χ0) is 12.7. The number of sulfone groups is 1. The molecule has 0 aromatic heterocycles. The maximum atomic E-state index is 11.5. The number of piperazine rings is 1. The summed E-state index contributed by atoms with van der Waals surface area (Å²) in [6, 6.07) is 2.61. The fraction of sp³-hybridized carbons (Fsp3) is 0.909. The molecule has 0 radical (unpaired) electrons. The molecule has 6 heteroatoms. The summed E-state index contributed by atoms with van der Waals surface area (Å²) >= 11 is 0. The first-order chi connectivity index (χ1) is 7.89. The Balaban J connectivity index is 2.05. The van der Waals surface area contributed by atoms with Crippen LogP contribution in [-0.4, -0.2) is 57.0 Å². The molecule has 3 atom stereocenters. The molecule has 96 valence electrons. The maximum absolute atomic E-state index is 11.5. The standard InChI is InChI=1S/C11H19N3O2S/c1-9-6-13-3-4-14(9)8-11(7-12)5-10(11)17(2,15)16/h9-10,13H,3-6,8H2,1-2H3. The first-order valence-electron chi connectivity index (χ1n) is 5.94. The van der Waals surface area contributed by atoms with Gasteiger partial charge < -0.3 is 5.32 Å². The van der Waals surface area contributed by atoms with E-state index in [1.165, 1.54) is 6.26 Å². The molecule has 0 bridgehead atoms. The highest BCUT2D eigenvalue weighted by molar-refractivity contribution is 7.91. The molecule has 17 heavy (non-hydrogen) atoms. The van der Waals surface area contributed by atoms with Gasteiger partial charge in [0.05, 0.1) is 16.7 Å². The van der Waals surface area contributed by atoms with Crippen LogP contribution in [0.25, 0.3) is 0 Å². The number of hydrogen-bond donors (Lipinski definition) is 1. The normalized spacial score (nSPS) is 38.6. The van der Waals surface area contributed by atoms with Crippen LogP contribution in [-0.2, 0) is 9.84 Å². The molecule has 2 aliphatic rings. The van der Waals surface area contributed by atoms with Gasteiger partial charge in [-0.05, 0) is 13.3 Å². The Kier molecular flexibility index (Phi) is 3.19. The van der Waals surface area contributed by atoms with Gasteiger partial charge in [-0.3, -0.25) is 4.90 Å². The molecule has 0 spiro atoms. The fourth-order valence-corrected chi connectivity index (χ4v) is 4.18. The van der Waals surface area contributed by atoms with Crippen molar-refractivity contribution < 1.29 is 8.42 Å². The summed E-state index contributed by atoms with van der Waals surface area (Å²) in [5.74, 6) is 0. The second-order valence-electron chi connectivity index (χ2n) is 5.31. The Morgan fingerprint density at radius 1 is 1.59 bits per heavy atom. The first-order valence-corrected chi connectivity index (χ1v) is 7.89. The molecule has 1 N–H and O–H groups in total. The zero-order valence-electron chi connectivity index (χ0n) is 10.3. The number of nitrogens with one attached hydrogen (secondary N) is 1. The molecular weight excluding hydrogens is 238 g/mol. The van der Waals surface area contributed by atoms with E-state index in [0.29, 0.717) is 19.0 Å². The van der Waals surface area contributed by atoms with Crippen LogP contribution in [0.15, 0.2) is 0 Å². The lowest BCUT2D eigenvalue weighted by Crippen LogP contribution is -2.51. The van der Waals surface area contributed by atoms with E-state index in [2.05, 4.69) is 23.2 Å². The summed E-state index contributed by atoms with van der Waals surface area (Å²) in [5.41, 5.74) is -0.654. The molecule has 5 nitrogen and oxygen atoms in total. The monoisotopic (exact) mass is 257 g/mol. The molecule has 2 fully saturated rings. The summed E-state index contributed by atoms with van der Waals surface area (Å²) in [6.45, 7) is 5.40. The third kappa shape index (κ3) is 2.46. The summed E-state index contributed by atoms with van der Waals surface area (Å²) in [4.78, 5) is 2.23. The highest BCUT2D eigenvalue weighted by atomic mass is 32.2.